The van der Waals surface area contributed by atoms with Gasteiger partial charge in [-0.2, -0.15) is 0 Å². The molecule has 0 unspecified atom stereocenters. The monoisotopic (exact) mass is 189 g/mol. The van der Waals surface area contributed by atoms with Gasteiger partial charge in [-0.25, -0.2) is 0 Å². The predicted octanol–water partition coefficient (Wildman–Crippen LogP) is 1.91. The molecule has 0 heterocycles. The van der Waals surface area contributed by atoms with Gasteiger partial charge < -0.3 is 5.73 Å². The van der Waals surface area contributed by atoms with E-state index in [2.05, 4.69) is 6.58 Å². The van der Waals surface area contributed by atoms with Gasteiger partial charge in [-0.3, -0.25) is 4.79 Å². The molecule has 2 nitrogen and oxygen atoms in total. The number of allylic oxidation sites excluding steroid dienone is 1. The molecule has 0 bridgehead atoms. The summed E-state index contributed by atoms with van der Waals surface area (Å²) < 4.78 is 0. The Hall–Kier alpha value is -1.57. The van der Waals surface area contributed by atoms with Gasteiger partial charge in [-0.15, -0.1) is 6.58 Å². The standard InChI is InChI=1S/C12H15NO/c1-2-6-11(12(13)14)9-10-7-4-3-5-8-10/h2-5,7-8,11H,1,6,9H2,(H2,13,14)/t11-/m0/s1. The first-order chi connectivity index (χ1) is 6.74. The van der Waals surface area contributed by atoms with Gasteiger partial charge >= 0.3 is 0 Å². The highest BCUT2D eigenvalue weighted by molar-refractivity contribution is 5.77. The summed E-state index contributed by atoms with van der Waals surface area (Å²) >= 11 is 0. The molecule has 1 aromatic carbocycles. The lowest BCUT2D eigenvalue weighted by Gasteiger charge is -2.10. The molecule has 0 aromatic heterocycles. The molecular formula is C12H15NO. The van der Waals surface area contributed by atoms with Gasteiger partial charge in [0.05, 0.1) is 0 Å². The molecule has 1 amide bonds. The molecule has 0 saturated heterocycles. The molecule has 74 valence electrons. The fourth-order valence-corrected chi connectivity index (χ4v) is 1.40. The molecule has 1 rings (SSSR count). The number of nitrogens with two attached hydrogens (primary N) is 1. The third-order valence-corrected chi connectivity index (χ3v) is 2.18. The van der Waals surface area contributed by atoms with Crippen LogP contribution in [0.3, 0.4) is 0 Å². The second-order valence-corrected chi connectivity index (χ2v) is 3.31. The fourth-order valence-electron chi connectivity index (χ4n) is 1.40. The van der Waals surface area contributed by atoms with Gasteiger partial charge in [0.15, 0.2) is 0 Å². The molecule has 2 heteroatoms. The second-order valence-electron chi connectivity index (χ2n) is 3.31. The Morgan fingerprint density at radius 1 is 1.43 bits per heavy atom. The number of rotatable bonds is 5. The van der Waals surface area contributed by atoms with E-state index in [9.17, 15) is 4.79 Å². The van der Waals surface area contributed by atoms with Crippen molar-refractivity contribution < 1.29 is 4.79 Å². The summed E-state index contributed by atoms with van der Waals surface area (Å²) in [5, 5.41) is 0. The zero-order valence-corrected chi connectivity index (χ0v) is 8.15. The zero-order valence-electron chi connectivity index (χ0n) is 8.15. The van der Waals surface area contributed by atoms with E-state index in [1.165, 1.54) is 0 Å². The van der Waals surface area contributed by atoms with E-state index in [1.807, 2.05) is 30.3 Å². The minimum absolute atomic E-state index is 0.130. The SMILES string of the molecule is C=CC[C@@H](Cc1ccccc1)C(N)=O. The first-order valence-electron chi connectivity index (χ1n) is 4.68. The predicted molar refractivity (Wildman–Crippen MR) is 57.6 cm³/mol. The summed E-state index contributed by atoms with van der Waals surface area (Å²) in [4.78, 5) is 11.1. The average Bonchev–Trinajstić information content (AvgIpc) is 2.18. The maximum Gasteiger partial charge on any atom is 0.221 e. The Morgan fingerprint density at radius 2 is 2.07 bits per heavy atom. The quantitative estimate of drug-likeness (QED) is 0.706. The summed E-state index contributed by atoms with van der Waals surface area (Å²) in [7, 11) is 0. The molecule has 2 N–H and O–H groups in total. The molecule has 1 aromatic rings. The smallest absolute Gasteiger partial charge is 0.221 e. The first kappa shape index (κ1) is 10.5. The third kappa shape index (κ3) is 3.05. The van der Waals surface area contributed by atoms with E-state index in [0.29, 0.717) is 12.8 Å². The highest BCUT2D eigenvalue weighted by atomic mass is 16.1. The number of carbonyl (C=O) groups excluding carboxylic acids is 1. The number of primary amides is 1. The Balaban J connectivity index is 2.64. The van der Waals surface area contributed by atoms with Gasteiger partial charge in [-0.1, -0.05) is 36.4 Å². The van der Waals surface area contributed by atoms with Crippen LogP contribution in [0.25, 0.3) is 0 Å². The highest BCUT2D eigenvalue weighted by Gasteiger charge is 2.13. The molecule has 0 radical (unpaired) electrons. The van der Waals surface area contributed by atoms with Gasteiger partial charge in [0.2, 0.25) is 5.91 Å². The Morgan fingerprint density at radius 3 is 2.57 bits per heavy atom. The van der Waals surface area contributed by atoms with Crippen molar-refractivity contribution in [3.8, 4) is 0 Å². The van der Waals surface area contributed by atoms with Crippen molar-refractivity contribution in [2.75, 3.05) is 0 Å². The lowest BCUT2D eigenvalue weighted by molar-refractivity contribution is -0.121. The van der Waals surface area contributed by atoms with Crippen molar-refractivity contribution in [1.29, 1.82) is 0 Å². The summed E-state index contributed by atoms with van der Waals surface area (Å²) in [5.41, 5.74) is 6.42. The van der Waals surface area contributed by atoms with E-state index < -0.39 is 0 Å². The van der Waals surface area contributed by atoms with Crippen LogP contribution in [0.4, 0.5) is 0 Å². The van der Waals surface area contributed by atoms with Crippen molar-refractivity contribution in [3.63, 3.8) is 0 Å². The Labute approximate surface area is 84.4 Å². The molecule has 0 fully saturated rings. The normalized spacial score (nSPS) is 12.0. The summed E-state index contributed by atoms with van der Waals surface area (Å²) in [6, 6.07) is 9.87. The van der Waals surface area contributed by atoms with E-state index >= 15 is 0 Å². The van der Waals surface area contributed by atoms with E-state index in [1.54, 1.807) is 6.08 Å². The molecule has 0 spiro atoms. The molecule has 0 aliphatic carbocycles. The van der Waals surface area contributed by atoms with Crippen LogP contribution in [0.1, 0.15) is 12.0 Å². The first-order valence-corrected chi connectivity index (χ1v) is 4.68. The lowest BCUT2D eigenvalue weighted by Crippen LogP contribution is -2.24. The van der Waals surface area contributed by atoms with Crippen LogP contribution in [-0.2, 0) is 11.2 Å². The van der Waals surface area contributed by atoms with Crippen LogP contribution in [0.2, 0.25) is 0 Å². The van der Waals surface area contributed by atoms with Crippen LogP contribution in [0, 0.1) is 5.92 Å². The molecule has 14 heavy (non-hydrogen) atoms. The van der Waals surface area contributed by atoms with Gasteiger partial charge in [0.25, 0.3) is 0 Å². The summed E-state index contributed by atoms with van der Waals surface area (Å²) in [6.07, 6.45) is 3.07. The van der Waals surface area contributed by atoms with Crippen LogP contribution in [0.5, 0.6) is 0 Å². The lowest BCUT2D eigenvalue weighted by atomic mass is 9.96. The third-order valence-electron chi connectivity index (χ3n) is 2.18. The van der Waals surface area contributed by atoms with Gasteiger partial charge in [0, 0.05) is 5.92 Å². The van der Waals surface area contributed by atoms with Crippen molar-refractivity contribution >= 4 is 5.91 Å². The summed E-state index contributed by atoms with van der Waals surface area (Å²) in [6.45, 7) is 3.62. The maximum absolute atomic E-state index is 11.1. The number of benzene rings is 1. The van der Waals surface area contributed by atoms with Crippen molar-refractivity contribution in [3.05, 3.63) is 48.6 Å². The zero-order chi connectivity index (χ0) is 10.4. The summed E-state index contributed by atoms with van der Waals surface area (Å²) in [5.74, 6) is -0.386. The Bertz CT molecular complexity index is 305. The largest absolute Gasteiger partial charge is 0.369 e. The van der Waals surface area contributed by atoms with Crippen molar-refractivity contribution in [1.82, 2.24) is 0 Å². The molecule has 0 aliphatic heterocycles. The number of amides is 1. The fraction of sp³-hybridized carbons (Fsp3) is 0.250. The van der Waals surface area contributed by atoms with Crippen LogP contribution in [-0.4, -0.2) is 5.91 Å². The van der Waals surface area contributed by atoms with Crippen molar-refractivity contribution in [2.45, 2.75) is 12.8 Å². The van der Waals surface area contributed by atoms with Crippen LogP contribution in [0.15, 0.2) is 43.0 Å². The van der Waals surface area contributed by atoms with Crippen LogP contribution >= 0.6 is 0 Å². The minimum atomic E-state index is -0.256. The maximum atomic E-state index is 11.1. The topological polar surface area (TPSA) is 43.1 Å². The number of carbonyl (C=O) groups is 1. The molecule has 0 saturated carbocycles. The van der Waals surface area contributed by atoms with Gasteiger partial charge in [-0.05, 0) is 18.4 Å². The van der Waals surface area contributed by atoms with Gasteiger partial charge in [0.1, 0.15) is 0 Å². The molecule has 1 atom stereocenters. The van der Waals surface area contributed by atoms with E-state index in [-0.39, 0.29) is 11.8 Å². The second kappa shape index (κ2) is 5.22. The number of hydrogen-bond acceptors (Lipinski definition) is 1. The van der Waals surface area contributed by atoms with Crippen LogP contribution < -0.4 is 5.73 Å². The highest BCUT2D eigenvalue weighted by Crippen LogP contribution is 2.12. The number of hydrogen-bond donors (Lipinski definition) is 1. The van der Waals surface area contributed by atoms with Crippen molar-refractivity contribution in [2.24, 2.45) is 11.7 Å². The Kier molecular flexibility index (Phi) is 3.92. The molecular weight excluding hydrogens is 174 g/mol. The van der Waals surface area contributed by atoms with E-state index in [4.69, 9.17) is 5.73 Å². The van der Waals surface area contributed by atoms with E-state index in [0.717, 1.165) is 5.56 Å². The minimum Gasteiger partial charge on any atom is -0.369 e. The molecule has 0 aliphatic rings. The average molecular weight is 189 g/mol.